The SMILES string of the molecule is C/C=C/c1ccccc1Oc1cc(N)nc(C(C)(C)C)n1. The number of para-hydroxylation sites is 1. The molecule has 4 nitrogen and oxygen atoms in total. The van der Waals surface area contributed by atoms with Crippen LogP contribution >= 0.6 is 0 Å². The molecule has 21 heavy (non-hydrogen) atoms. The van der Waals surface area contributed by atoms with Gasteiger partial charge in [0.2, 0.25) is 5.88 Å². The summed E-state index contributed by atoms with van der Waals surface area (Å²) in [5, 5.41) is 0. The minimum atomic E-state index is -0.184. The molecular formula is C17H21N3O. The number of allylic oxidation sites excluding steroid dienone is 1. The number of benzene rings is 1. The minimum Gasteiger partial charge on any atom is -0.438 e. The average Bonchev–Trinajstić information content (AvgIpc) is 2.40. The highest BCUT2D eigenvalue weighted by atomic mass is 16.5. The second-order valence-corrected chi connectivity index (χ2v) is 5.84. The zero-order chi connectivity index (χ0) is 15.5. The number of rotatable bonds is 3. The summed E-state index contributed by atoms with van der Waals surface area (Å²) < 4.78 is 5.90. The molecule has 0 saturated heterocycles. The van der Waals surface area contributed by atoms with Crippen molar-refractivity contribution < 1.29 is 4.74 Å². The molecule has 1 aromatic heterocycles. The number of nitrogen functional groups attached to an aromatic ring is 1. The molecule has 0 bridgehead atoms. The second kappa shape index (κ2) is 5.95. The van der Waals surface area contributed by atoms with Gasteiger partial charge < -0.3 is 10.5 Å². The average molecular weight is 283 g/mol. The number of nitrogens with zero attached hydrogens (tertiary/aromatic N) is 2. The van der Waals surface area contributed by atoms with E-state index in [1.165, 1.54) is 0 Å². The summed E-state index contributed by atoms with van der Waals surface area (Å²) >= 11 is 0. The number of hydrogen-bond acceptors (Lipinski definition) is 4. The Morgan fingerprint density at radius 3 is 2.52 bits per heavy atom. The first kappa shape index (κ1) is 15.0. The summed E-state index contributed by atoms with van der Waals surface area (Å²) in [5.74, 6) is 2.28. The first-order valence-electron chi connectivity index (χ1n) is 6.95. The Morgan fingerprint density at radius 1 is 1.14 bits per heavy atom. The number of ether oxygens (including phenoxy) is 1. The van der Waals surface area contributed by atoms with Gasteiger partial charge in [-0.3, -0.25) is 0 Å². The van der Waals surface area contributed by atoms with Crippen LogP contribution in [0.25, 0.3) is 6.08 Å². The summed E-state index contributed by atoms with van der Waals surface area (Å²) in [6, 6.07) is 9.44. The first-order valence-corrected chi connectivity index (χ1v) is 6.95. The summed E-state index contributed by atoms with van der Waals surface area (Å²) in [6.07, 6.45) is 3.96. The van der Waals surface area contributed by atoms with Crippen molar-refractivity contribution in [2.75, 3.05) is 5.73 Å². The second-order valence-electron chi connectivity index (χ2n) is 5.84. The van der Waals surface area contributed by atoms with E-state index in [0.29, 0.717) is 17.5 Å². The van der Waals surface area contributed by atoms with Crippen LogP contribution in [0.4, 0.5) is 5.82 Å². The largest absolute Gasteiger partial charge is 0.438 e. The van der Waals surface area contributed by atoms with Crippen LogP contribution in [-0.4, -0.2) is 9.97 Å². The molecule has 2 N–H and O–H groups in total. The van der Waals surface area contributed by atoms with Gasteiger partial charge in [-0.2, -0.15) is 4.98 Å². The van der Waals surface area contributed by atoms with Gasteiger partial charge in [0.25, 0.3) is 0 Å². The zero-order valence-corrected chi connectivity index (χ0v) is 12.9. The Morgan fingerprint density at radius 2 is 1.86 bits per heavy atom. The van der Waals surface area contributed by atoms with Crippen LogP contribution in [0.15, 0.2) is 36.4 Å². The zero-order valence-electron chi connectivity index (χ0n) is 12.9. The molecule has 0 amide bonds. The third-order valence-corrected chi connectivity index (χ3v) is 2.87. The van der Waals surface area contributed by atoms with Gasteiger partial charge in [-0.05, 0) is 13.0 Å². The predicted molar refractivity (Wildman–Crippen MR) is 86.4 cm³/mol. The number of hydrogen-bond donors (Lipinski definition) is 1. The molecule has 1 heterocycles. The molecule has 0 saturated carbocycles. The molecule has 1 aromatic carbocycles. The van der Waals surface area contributed by atoms with Crippen molar-refractivity contribution in [3.63, 3.8) is 0 Å². The van der Waals surface area contributed by atoms with Crippen LogP contribution in [-0.2, 0) is 5.41 Å². The molecule has 2 rings (SSSR count). The van der Waals surface area contributed by atoms with Crippen molar-refractivity contribution in [1.82, 2.24) is 9.97 Å². The first-order chi connectivity index (χ1) is 9.90. The highest BCUT2D eigenvalue weighted by molar-refractivity contribution is 5.57. The number of aromatic nitrogens is 2. The van der Waals surface area contributed by atoms with E-state index in [1.54, 1.807) is 6.07 Å². The monoisotopic (exact) mass is 283 g/mol. The fourth-order valence-corrected chi connectivity index (χ4v) is 1.83. The topological polar surface area (TPSA) is 61.0 Å². The van der Waals surface area contributed by atoms with Crippen LogP contribution < -0.4 is 10.5 Å². The molecule has 2 aromatic rings. The Balaban J connectivity index is 2.38. The van der Waals surface area contributed by atoms with Crippen LogP contribution in [0.5, 0.6) is 11.6 Å². The molecular weight excluding hydrogens is 262 g/mol. The summed E-state index contributed by atoms with van der Waals surface area (Å²) in [5.41, 5.74) is 6.67. The van der Waals surface area contributed by atoms with Gasteiger partial charge in [-0.1, -0.05) is 51.1 Å². The molecule has 110 valence electrons. The van der Waals surface area contributed by atoms with E-state index in [4.69, 9.17) is 10.5 Å². The van der Waals surface area contributed by atoms with E-state index in [2.05, 4.69) is 9.97 Å². The maximum Gasteiger partial charge on any atom is 0.224 e. The van der Waals surface area contributed by atoms with Gasteiger partial charge >= 0.3 is 0 Å². The van der Waals surface area contributed by atoms with Crippen LogP contribution in [0.3, 0.4) is 0 Å². The van der Waals surface area contributed by atoms with Crippen LogP contribution in [0.2, 0.25) is 0 Å². The highest BCUT2D eigenvalue weighted by Gasteiger charge is 2.19. The molecule has 0 radical (unpaired) electrons. The molecule has 4 heteroatoms. The minimum absolute atomic E-state index is 0.184. The van der Waals surface area contributed by atoms with E-state index in [0.717, 1.165) is 11.3 Å². The number of anilines is 1. The fraction of sp³-hybridized carbons (Fsp3) is 0.294. The van der Waals surface area contributed by atoms with Crippen molar-refractivity contribution in [1.29, 1.82) is 0 Å². The smallest absolute Gasteiger partial charge is 0.224 e. The standard InChI is InChI=1S/C17H21N3O/c1-5-8-12-9-6-7-10-13(12)21-15-11-14(18)19-16(20-15)17(2,3)4/h5-11H,1-4H3,(H2,18,19,20)/b8-5+. The Kier molecular flexibility index (Phi) is 4.26. The lowest BCUT2D eigenvalue weighted by molar-refractivity contribution is 0.446. The van der Waals surface area contributed by atoms with Gasteiger partial charge in [0.15, 0.2) is 0 Å². The van der Waals surface area contributed by atoms with Crippen molar-refractivity contribution in [3.05, 3.63) is 47.8 Å². The van der Waals surface area contributed by atoms with Crippen molar-refractivity contribution in [2.45, 2.75) is 33.1 Å². The molecule has 0 unspecified atom stereocenters. The highest BCUT2D eigenvalue weighted by Crippen LogP contribution is 2.28. The summed E-state index contributed by atoms with van der Waals surface area (Å²) in [6.45, 7) is 8.09. The number of nitrogens with two attached hydrogens (primary N) is 1. The van der Waals surface area contributed by atoms with Gasteiger partial charge in [0.1, 0.15) is 17.4 Å². The lowest BCUT2D eigenvalue weighted by Crippen LogP contribution is -2.17. The molecule has 0 aliphatic heterocycles. The third kappa shape index (κ3) is 3.81. The van der Waals surface area contributed by atoms with E-state index >= 15 is 0 Å². The van der Waals surface area contributed by atoms with Crippen molar-refractivity contribution in [2.24, 2.45) is 0 Å². The van der Waals surface area contributed by atoms with Crippen molar-refractivity contribution >= 4 is 11.9 Å². The van der Waals surface area contributed by atoms with Crippen LogP contribution in [0.1, 0.15) is 39.1 Å². The maximum atomic E-state index is 5.90. The van der Waals surface area contributed by atoms with Crippen molar-refractivity contribution in [3.8, 4) is 11.6 Å². The Hall–Kier alpha value is -2.36. The molecule has 0 fully saturated rings. The lowest BCUT2D eigenvalue weighted by Gasteiger charge is -2.18. The molecule has 0 aliphatic rings. The van der Waals surface area contributed by atoms with Gasteiger partial charge in [0, 0.05) is 17.0 Å². The maximum absolute atomic E-state index is 5.90. The van der Waals surface area contributed by atoms with Crippen LogP contribution in [0, 0.1) is 0 Å². The Bertz CT molecular complexity index is 657. The summed E-state index contributed by atoms with van der Waals surface area (Å²) in [7, 11) is 0. The molecule has 0 spiro atoms. The Labute approximate surface area is 125 Å². The third-order valence-electron chi connectivity index (χ3n) is 2.87. The summed E-state index contributed by atoms with van der Waals surface area (Å²) in [4.78, 5) is 8.74. The van der Waals surface area contributed by atoms with Gasteiger partial charge in [-0.25, -0.2) is 4.98 Å². The van der Waals surface area contributed by atoms with Gasteiger partial charge in [0.05, 0.1) is 0 Å². The lowest BCUT2D eigenvalue weighted by atomic mass is 9.96. The molecule has 0 atom stereocenters. The normalized spacial score (nSPS) is 11.8. The van der Waals surface area contributed by atoms with E-state index in [1.807, 2.05) is 64.1 Å². The quantitative estimate of drug-likeness (QED) is 0.917. The molecule has 0 aliphatic carbocycles. The predicted octanol–water partition coefficient (Wildman–Crippen LogP) is 4.18. The fourth-order valence-electron chi connectivity index (χ4n) is 1.83. The van der Waals surface area contributed by atoms with E-state index in [-0.39, 0.29) is 5.41 Å². The van der Waals surface area contributed by atoms with Gasteiger partial charge in [-0.15, -0.1) is 0 Å². The van der Waals surface area contributed by atoms with E-state index in [9.17, 15) is 0 Å². The van der Waals surface area contributed by atoms with E-state index < -0.39 is 0 Å².